The summed E-state index contributed by atoms with van der Waals surface area (Å²) in [7, 11) is 1.72. The van der Waals surface area contributed by atoms with Crippen molar-refractivity contribution in [1.29, 1.82) is 0 Å². The van der Waals surface area contributed by atoms with Gasteiger partial charge in [0.1, 0.15) is 0 Å². The van der Waals surface area contributed by atoms with Crippen molar-refractivity contribution in [3.63, 3.8) is 0 Å². The quantitative estimate of drug-likeness (QED) is 0.797. The zero-order valence-electron chi connectivity index (χ0n) is 9.20. The van der Waals surface area contributed by atoms with E-state index in [9.17, 15) is 5.11 Å². The van der Waals surface area contributed by atoms with Gasteiger partial charge in [0.05, 0.1) is 12.2 Å². The van der Waals surface area contributed by atoms with Gasteiger partial charge in [-0.05, 0) is 30.4 Å². The lowest BCUT2D eigenvalue weighted by Gasteiger charge is -2.08. The van der Waals surface area contributed by atoms with E-state index in [0.717, 1.165) is 32.3 Å². The molecule has 82 valence electrons. The van der Waals surface area contributed by atoms with Gasteiger partial charge in [-0.3, -0.25) is 0 Å². The van der Waals surface area contributed by atoms with Crippen molar-refractivity contribution in [2.45, 2.75) is 31.3 Å². The number of benzene rings is 1. The van der Waals surface area contributed by atoms with E-state index in [-0.39, 0.29) is 5.60 Å². The highest BCUT2D eigenvalue weighted by Gasteiger charge is 2.39. The fourth-order valence-corrected chi connectivity index (χ4v) is 1.74. The van der Waals surface area contributed by atoms with Crippen molar-refractivity contribution in [3.05, 3.63) is 35.4 Å². The molecule has 0 unspecified atom stereocenters. The zero-order chi connectivity index (χ0) is 10.7. The van der Waals surface area contributed by atoms with E-state index in [4.69, 9.17) is 4.74 Å². The Hall–Kier alpha value is -0.860. The molecule has 1 N–H and O–H groups in total. The van der Waals surface area contributed by atoms with E-state index in [1.54, 1.807) is 7.11 Å². The van der Waals surface area contributed by atoms with Crippen LogP contribution < -0.4 is 0 Å². The molecule has 1 aliphatic carbocycles. The third-order valence-corrected chi connectivity index (χ3v) is 2.98. The van der Waals surface area contributed by atoms with Crippen molar-refractivity contribution in [3.8, 4) is 0 Å². The molecule has 0 aliphatic heterocycles. The Kier molecular flexibility index (Phi) is 3.08. The first-order chi connectivity index (χ1) is 7.22. The molecule has 0 bridgehead atoms. The van der Waals surface area contributed by atoms with Crippen LogP contribution in [0, 0.1) is 0 Å². The number of aliphatic hydroxyl groups is 1. The minimum atomic E-state index is -0.381. The third-order valence-electron chi connectivity index (χ3n) is 2.98. The van der Waals surface area contributed by atoms with Crippen LogP contribution in [0.25, 0.3) is 0 Å². The molecule has 0 radical (unpaired) electrons. The summed E-state index contributed by atoms with van der Waals surface area (Å²) in [5.74, 6) is 0. The van der Waals surface area contributed by atoms with Crippen LogP contribution in [0.1, 0.15) is 24.0 Å². The average Bonchev–Trinajstić information content (AvgIpc) is 2.95. The fourth-order valence-electron chi connectivity index (χ4n) is 1.74. The molecule has 1 aliphatic rings. The molecule has 2 rings (SSSR count). The maximum Gasteiger partial charge on any atom is 0.0690 e. The Bertz CT molecular complexity index is 312. The molecule has 15 heavy (non-hydrogen) atoms. The Morgan fingerprint density at radius 2 is 1.80 bits per heavy atom. The van der Waals surface area contributed by atoms with E-state index in [1.165, 1.54) is 11.1 Å². The highest BCUT2D eigenvalue weighted by Crippen LogP contribution is 2.38. The normalized spacial score (nSPS) is 17.7. The molecule has 2 nitrogen and oxygen atoms in total. The topological polar surface area (TPSA) is 29.5 Å². The summed E-state index contributed by atoms with van der Waals surface area (Å²) in [6.45, 7) is 0.767. The van der Waals surface area contributed by atoms with Crippen LogP contribution in [0.15, 0.2) is 24.3 Å². The highest BCUT2D eigenvalue weighted by atomic mass is 16.5. The maximum absolute atomic E-state index is 9.77. The SMILES string of the molecule is COCCc1ccc(CC2(O)CC2)cc1. The van der Waals surface area contributed by atoms with Crippen LogP contribution in [0.5, 0.6) is 0 Å². The molecule has 0 amide bonds. The van der Waals surface area contributed by atoms with E-state index in [1.807, 2.05) is 0 Å². The van der Waals surface area contributed by atoms with Crippen molar-refractivity contribution in [2.75, 3.05) is 13.7 Å². The van der Waals surface area contributed by atoms with Crippen molar-refractivity contribution < 1.29 is 9.84 Å². The number of methoxy groups -OCH3 is 1. The first-order valence-electron chi connectivity index (χ1n) is 5.51. The first-order valence-corrected chi connectivity index (χ1v) is 5.51. The number of hydrogen-bond acceptors (Lipinski definition) is 2. The van der Waals surface area contributed by atoms with E-state index < -0.39 is 0 Å². The zero-order valence-corrected chi connectivity index (χ0v) is 9.20. The number of ether oxygens (including phenoxy) is 1. The van der Waals surface area contributed by atoms with Gasteiger partial charge in [0.15, 0.2) is 0 Å². The van der Waals surface area contributed by atoms with Crippen LogP contribution in [-0.2, 0) is 17.6 Å². The molecule has 1 fully saturated rings. The second-order valence-electron chi connectivity index (χ2n) is 4.46. The summed E-state index contributed by atoms with van der Waals surface area (Å²) in [6, 6.07) is 8.47. The predicted octanol–water partition coefficient (Wildman–Crippen LogP) is 1.94. The van der Waals surface area contributed by atoms with Gasteiger partial charge in [0.25, 0.3) is 0 Å². The van der Waals surface area contributed by atoms with Crippen molar-refractivity contribution in [1.82, 2.24) is 0 Å². The molecule has 2 heteroatoms. The second kappa shape index (κ2) is 4.33. The van der Waals surface area contributed by atoms with Gasteiger partial charge >= 0.3 is 0 Å². The lowest BCUT2D eigenvalue weighted by Crippen LogP contribution is -2.10. The summed E-state index contributed by atoms with van der Waals surface area (Å²) in [5.41, 5.74) is 2.15. The summed E-state index contributed by atoms with van der Waals surface area (Å²) >= 11 is 0. The smallest absolute Gasteiger partial charge is 0.0690 e. The van der Waals surface area contributed by atoms with Gasteiger partial charge in [0.2, 0.25) is 0 Å². The van der Waals surface area contributed by atoms with Crippen molar-refractivity contribution in [2.24, 2.45) is 0 Å². The maximum atomic E-state index is 9.77. The lowest BCUT2D eigenvalue weighted by atomic mass is 10.0. The summed E-state index contributed by atoms with van der Waals surface area (Å²) < 4.78 is 5.03. The Morgan fingerprint density at radius 3 is 2.33 bits per heavy atom. The van der Waals surface area contributed by atoms with Gasteiger partial charge < -0.3 is 9.84 Å². The minimum absolute atomic E-state index is 0.381. The minimum Gasteiger partial charge on any atom is -0.390 e. The molecule has 0 spiro atoms. The van der Waals surface area contributed by atoms with Crippen LogP contribution in [-0.4, -0.2) is 24.4 Å². The molecular weight excluding hydrogens is 188 g/mol. The van der Waals surface area contributed by atoms with Crippen LogP contribution >= 0.6 is 0 Å². The molecule has 0 heterocycles. The number of hydrogen-bond donors (Lipinski definition) is 1. The average molecular weight is 206 g/mol. The largest absolute Gasteiger partial charge is 0.390 e. The molecule has 0 saturated heterocycles. The first kappa shape index (κ1) is 10.7. The highest BCUT2D eigenvalue weighted by molar-refractivity contribution is 5.25. The van der Waals surface area contributed by atoms with Crippen LogP contribution in [0.3, 0.4) is 0 Å². The monoisotopic (exact) mass is 206 g/mol. The van der Waals surface area contributed by atoms with Gasteiger partial charge in [-0.15, -0.1) is 0 Å². The lowest BCUT2D eigenvalue weighted by molar-refractivity contribution is 0.151. The van der Waals surface area contributed by atoms with E-state index >= 15 is 0 Å². The molecular formula is C13H18O2. The number of rotatable bonds is 5. The predicted molar refractivity (Wildman–Crippen MR) is 59.9 cm³/mol. The van der Waals surface area contributed by atoms with Gasteiger partial charge in [-0.2, -0.15) is 0 Å². The van der Waals surface area contributed by atoms with Gasteiger partial charge in [0, 0.05) is 13.5 Å². The molecule has 1 aromatic carbocycles. The third kappa shape index (κ3) is 3.05. The van der Waals surface area contributed by atoms with Gasteiger partial charge in [-0.25, -0.2) is 0 Å². The summed E-state index contributed by atoms with van der Waals surface area (Å²) in [5, 5.41) is 9.77. The summed E-state index contributed by atoms with van der Waals surface area (Å²) in [4.78, 5) is 0. The Balaban J connectivity index is 1.91. The second-order valence-corrected chi connectivity index (χ2v) is 4.46. The van der Waals surface area contributed by atoms with Crippen LogP contribution in [0.2, 0.25) is 0 Å². The standard InChI is InChI=1S/C13H18O2/c1-15-9-6-11-2-4-12(5-3-11)10-13(14)7-8-13/h2-5,14H,6-10H2,1H3. The van der Waals surface area contributed by atoms with Crippen LogP contribution in [0.4, 0.5) is 0 Å². The molecule has 1 saturated carbocycles. The van der Waals surface area contributed by atoms with Gasteiger partial charge in [-0.1, -0.05) is 24.3 Å². The van der Waals surface area contributed by atoms with Crippen molar-refractivity contribution >= 4 is 0 Å². The van der Waals surface area contributed by atoms with E-state index in [0.29, 0.717) is 0 Å². The van der Waals surface area contributed by atoms with E-state index in [2.05, 4.69) is 24.3 Å². The molecule has 1 aromatic rings. The Labute approximate surface area is 90.9 Å². The Morgan fingerprint density at radius 1 is 1.20 bits per heavy atom. The fraction of sp³-hybridized carbons (Fsp3) is 0.538. The molecule has 0 atom stereocenters. The summed E-state index contributed by atoms with van der Waals surface area (Å²) in [6.07, 6.45) is 3.68. The molecule has 0 aromatic heterocycles.